The summed E-state index contributed by atoms with van der Waals surface area (Å²) in [6.07, 6.45) is 7.63. The monoisotopic (exact) mass is 583 g/mol. The first-order valence-electron chi connectivity index (χ1n) is 11.2. The second-order valence-corrected chi connectivity index (χ2v) is 11.8. The van der Waals surface area contributed by atoms with Crippen LogP contribution in [0, 0.1) is 0 Å². The van der Waals surface area contributed by atoms with Crippen LogP contribution < -0.4 is 64.0 Å². The Morgan fingerprint density at radius 2 is 1.28 bits per heavy atom. The molecule has 0 N–H and O–H groups in total. The van der Waals surface area contributed by atoms with Crippen molar-refractivity contribution in [2.75, 3.05) is 33.1 Å². The molecule has 3 aromatic rings. The van der Waals surface area contributed by atoms with Crippen LogP contribution in [0.1, 0.15) is 11.1 Å². The molecule has 39 heavy (non-hydrogen) atoms. The van der Waals surface area contributed by atoms with Crippen LogP contribution in [0.4, 0.5) is 5.69 Å². The molecule has 0 amide bonds. The number of fused-ring (bicyclic) bond motifs is 1. The molecular weight excluding hydrogens is 558 g/mol. The van der Waals surface area contributed by atoms with E-state index in [-0.39, 0.29) is 64.5 Å². The number of benzene rings is 3. The molecule has 1 aliphatic rings. The van der Waals surface area contributed by atoms with E-state index >= 15 is 0 Å². The minimum Gasteiger partial charge on any atom is -0.744 e. The van der Waals surface area contributed by atoms with E-state index in [1.54, 1.807) is 0 Å². The van der Waals surface area contributed by atoms with Gasteiger partial charge in [0.25, 0.3) is 0 Å². The Bertz CT molecular complexity index is 1730. The topological polar surface area (TPSA) is 121 Å². The maximum atomic E-state index is 12.1. The fourth-order valence-electron chi connectivity index (χ4n) is 4.16. The molecule has 12 heteroatoms. The molecule has 0 saturated heterocycles. The molecule has 8 nitrogen and oxygen atoms in total. The Hall–Kier alpha value is -1.57. The van der Waals surface area contributed by atoms with Gasteiger partial charge in [0.2, 0.25) is 0 Å². The Morgan fingerprint density at radius 3 is 1.77 bits per heavy atom. The van der Waals surface area contributed by atoms with Crippen molar-refractivity contribution in [3.8, 4) is 0 Å². The first-order chi connectivity index (χ1) is 17.3. The zero-order valence-electron chi connectivity index (χ0n) is 22.7. The fourth-order valence-corrected chi connectivity index (χ4v) is 5.20. The summed E-state index contributed by atoms with van der Waals surface area (Å²) < 4.78 is 73.1. The summed E-state index contributed by atoms with van der Waals surface area (Å²) in [6, 6.07) is 13.8. The number of nitrogens with zero attached hydrogens (tertiary/aromatic N) is 2. The van der Waals surface area contributed by atoms with Crippen LogP contribution in [0.25, 0.3) is 16.3 Å². The third kappa shape index (κ3) is 7.59. The molecule has 0 aromatic heterocycles. The Balaban J connectivity index is 0.00000267. The summed E-state index contributed by atoms with van der Waals surface area (Å²) in [5.74, 6) is 0. The van der Waals surface area contributed by atoms with Gasteiger partial charge in [-0.1, -0.05) is 18.2 Å². The summed E-state index contributed by atoms with van der Waals surface area (Å²) in [5.41, 5.74) is 4.48. The van der Waals surface area contributed by atoms with Gasteiger partial charge in [-0.2, -0.15) is 0 Å². The van der Waals surface area contributed by atoms with Gasteiger partial charge >= 0.3 is 59.1 Å². The largest absolute Gasteiger partial charge is 1.00 e. The SMILES string of the molecule is CN(C)c1ccc(C(=C2C=CC(=[N+](C)C)C=C2)c2cc(S(=O)(=O)[O-])cc3cc(S(=O)(=O)[O-])ccc23)cc1.[Na+].[Na+]. The molecule has 0 saturated carbocycles. The van der Waals surface area contributed by atoms with Crippen molar-refractivity contribution in [3.63, 3.8) is 0 Å². The molecule has 0 radical (unpaired) electrons. The third-order valence-corrected chi connectivity index (χ3v) is 7.73. The maximum Gasteiger partial charge on any atom is 1.00 e. The second kappa shape index (κ2) is 12.9. The van der Waals surface area contributed by atoms with Crippen molar-refractivity contribution in [1.29, 1.82) is 0 Å². The van der Waals surface area contributed by atoms with Crippen molar-refractivity contribution in [1.82, 2.24) is 0 Å². The standard InChI is InChI=1S/C27H26N2O6S2.2Na/c1-28(2)21-9-5-18(6-10-21)27(19-7-11-22(12-8-19)29(3)4)26-17-24(37(33,34)35)16-20-15-23(36(30,31)32)13-14-25(20)26;;/h5-17H,1-4H3,(H-,30,31,32,33,34,35);;/q;2*+1/p-1. The van der Waals surface area contributed by atoms with E-state index in [9.17, 15) is 25.9 Å². The molecule has 1 aliphatic carbocycles. The summed E-state index contributed by atoms with van der Waals surface area (Å²) >= 11 is 0. The van der Waals surface area contributed by atoms with E-state index in [0.717, 1.165) is 34.7 Å². The van der Waals surface area contributed by atoms with E-state index < -0.39 is 30.0 Å². The van der Waals surface area contributed by atoms with Gasteiger partial charge in [-0.15, -0.1) is 0 Å². The van der Waals surface area contributed by atoms with E-state index in [4.69, 9.17) is 0 Å². The van der Waals surface area contributed by atoms with Crippen LogP contribution in [0.2, 0.25) is 0 Å². The van der Waals surface area contributed by atoms with Crippen LogP contribution >= 0.6 is 0 Å². The second-order valence-electron chi connectivity index (χ2n) is 9.02. The molecule has 0 atom stereocenters. The molecule has 0 heterocycles. The van der Waals surface area contributed by atoms with Gasteiger partial charge in [0.05, 0.1) is 9.79 Å². The van der Waals surface area contributed by atoms with Crippen LogP contribution in [0.5, 0.6) is 0 Å². The van der Waals surface area contributed by atoms with E-state index in [0.29, 0.717) is 16.5 Å². The maximum absolute atomic E-state index is 12.1. The van der Waals surface area contributed by atoms with E-state index in [1.807, 2.05) is 86.2 Å². The predicted octanol–water partition coefficient (Wildman–Crippen LogP) is -2.64. The molecule has 0 unspecified atom stereocenters. The van der Waals surface area contributed by atoms with Crippen molar-refractivity contribution in [2.24, 2.45) is 0 Å². The Labute approximate surface area is 273 Å². The van der Waals surface area contributed by atoms with Crippen molar-refractivity contribution >= 4 is 48.0 Å². The summed E-state index contributed by atoms with van der Waals surface area (Å²) in [7, 11) is -2.05. The zero-order valence-corrected chi connectivity index (χ0v) is 28.3. The van der Waals surface area contributed by atoms with Crippen molar-refractivity contribution in [3.05, 3.63) is 95.6 Å². The Kier molecular flexibility index (Phi) is 11.2. The third-order valence-electron chi connectivity index (χ3n) is 6.09. The molecule has 3 aromatic carbocycles. The number of rotatable bonds is 5. The number of hydrogen-bond donors (Lipinski definition) is 0. The zero-order chi connectivity index (χ0) is 27.1. The quantitative estimate of drug-likeness (QED) is 0.183. The molecule has 0 bridgehead atoms. The first-order valence-corrected chi connectivity index (χ1v) is 14.0. The van der Waals surface area contributed by atoms with Gasteiger partial charge in [-0.3, -0.25) is 0 Å². The summed E-state index contributed by atoms with van der Waals surface area (Å²) in [5, 5.41) is 0.638. The summed E-state index contributed by atoms with van der Waals surface area (Å²) in [6.45, 7) is 0. The normalized spacial score (nSPS) is 13.1. The average Bonchev–Trinajstić information content (AvgIpc) is 2.83. The number of allylic oxidation sites excluding steroid dienone is 5. The molecule has 0 fully saturated rings. The van der Waals surface area contributed by atoms with Crippen molar-refractivity contribution < 1.29 is 89.6 Å². The number of hydrogen-bond acceptors (Lipinski definition) is 7. The van der Waals surface area contributed by atoms with Gasteiger partial charge in [0.1, 0.15) is 34.3 Å². The molecule has 0 aliphatic heterocycles. The van der Waals surface area contributed by atoms with Gasteiger partial charge in [-0.05, 0) is 81.6 Å². The minimum absolute atomic E-state index is 0. The molecule has 4 rings (SSSR count). The summed E-state index contributed by atoms with van der Waals surface area (Å²) in [4.78, 5) is 0.904. The molecule has 192 valence electrons. The van der Waals surface area contributed by atoms with Gasteiger partial charge in [-0.25, -0.2) is 21.4 Å². The first kappa shape index (κ1) is 33.6. The van der Waals surface area contributed by atoms with E-state index in [1.165, 1.54) is 18.2 Å². The smallest absolute Gasteiger partial charge is 0.744 e. The van der Waals surface area contributed by atoms with E-state index in [2.05, 4.69) is 0 Å². The fraction of sp³-hybridized carbons (Fsp3) is 0.148. The van der Waals surface area contributed by atoms with Crippen molar-refractivity contribution in [2.45, 2.75) is 9.79 Å². The van der Waals surface area contributed by atoms with Gasteiger partial charge < -0.3 is 14.0 Å². The molecule has 0 spiro atoms. The number of anilines is 1. The van der Waals surface area contributed by atoms with Crippen LogP contribution in [0.15, 0.2) is 94.3 Å². The van der Waals surface area contributed by atoms with Crippen LogP contribution in [-0.2, 0) is 20.2 Å². The van der Waals surface area contributed by atoms with Gasteiger partial charge in [0.15, 0.2) is 5.71 Å². The minimum atomic E-state index is -4.90. The van der Waals surface area contributed by atoms with Crippen LogP contribution in [0.3, 0.4) is 0 Å². The molecular formula is C27H25N2Na2O6S2+. The predicted molar refractivity (Wildman–Crippen MR) is 142 cm³/mol. The van der Waals surface area contributed by atoms with Crippen LogP contribution in [-0.4, -0.2) is 64.4 Å². The van der Waals surface area contributed by atoms with Gasteiger partial charge in [0, 0.05) is 31.9 Å². The average molecular weight is 584 g/mol. The Morgan fingerprint density at radius 1 is 0.744 bits per heavy atom.